The molecule has 0 aromatic heterocycles. The van der Waals surface area contributed by atoms with Crippen LogP contribution in [0.1, 0.15) is 34.0 Å². The van der Waals surface area contributed by atoms with Crippen LogP contribution in [0.2, 0.25) is 0 Å². The van der Waals surface area contributed by atoms with Gasteiger partial charge in [-0.25, -0.2) is 0 Å². The van der Waals surface area contributed by atoms with Crippen molar-refractivity contribution in [3.63, 3.8) is 0 Å². The highest BCUT2D eigenvalue weighted by Gasteiger charge is 2.27. The van der Waals surface area contributed by atoms with Crippen LogP contribution in [0.15, 0.2) is 78.5 Å². The van der Waals surface area contributed by atoms with Crippen molar-refractivity contribution in [2.45, 2.75) is 20.0 Å². The lowest BCUT2D eigenvalue weighted by Gasteiger charge is -2.17. The first-order valence-corrected chi connectivity index (χ1v) is 10.5. The summed E-state index contributed by atoms with van der Waals surface area (Å²) in [5, 5.41) is 6.14. The molecule has 0 saturated heterocycles. The van der Waals surface area contributed by atoms with E-state index in [2.05, 4.69) is 59.0 Å². The van der Waals surface area contributed by atoms with Crippen LogP contribution in [0.5, 0.6) is 0 Å². The number of nitrogens with zero attached hydrogens (tertiary/aromatic N) is 1. The molecule has 0 bridgehead atoms. The van der Waals surface area contributed by atoms with E-state index in [-0.39, 0.29) is 5.91 Å². The summed E-state index contributed by atoms with van der Waals surface area (Å²) in [5.41, 5.74) is 11.8. The van der Waals surface area contributed by atoms with Crippen LogP contribution in [-0.4, -0.2) is 23.8 Å². The molecule has 1 heterocycles. The Labute approximate surface area is 187 Å². The van der Waals surface area contributed by atoms with Gasteiger partial charge < -0.3 is 16.4 Å². The summed E-state index contributed by atoms with van der Waals surface area (Å²) in [5.74, 6) is -0.727. The number of nitrogens with one attached hydrogen (secondary N) is 2. The molecule has 6 nitrogen and oxygen atoms in total. The zero-order valence-corrected chi connectivity index (χ0v) is 18.2. The molecule has 0 fully saturated rings. The van der Waals surface area contributed by atoms with Gasteiger partial charge in [0.2, 0.25) is 5.91 Å². The predicted molar refractivity (Wildman–Crippen MR) is 128 cm³/mol. The highest BCUT2D eigenvalue weighted by Crippen LogP contribution is 2.34. The van der Waals surface area contributed by atoms with Crippen molar-refractivity contribution in [2.75, 3.05) is 17.7 Å². The van der Waals surface area contributed by atoms with Crippen LogP contribution < -0.4 is 16.4 Å². The maximum Gasteiger partial charge on any atom is 0.258 e. The Morgan fingerprint density at radius 1 is 0.969 bits per heavy atom. The molecule has 0 atom stereocenters. The van der Waals surface area contributed by atoms with Gasteiger partial charge in [0.05, 0.1) is 5.57 Å². The number of amides is 2. The topological polar surface area (TPSA) is 87.5 Å². The second kappa shape index (κ2) is 9.08. The summed E-state index contributed by atoms with van der Waals surface area (Å²) in [4.78, 5) is 26.2. The second-order valence-corrected chi connectivity index (χ2v) is 8.06. The molecule has 3 aromatic rings. The van der Waals surface area contributed by atoms with E-state index < -0.39 is 5.91 Å². The van der Waals surface area contributed by atoms with Crippen LogP contribution in [-0.2, 0) is 17.9 Å². The summed E-state index contributed by atoms with van der Waals surface area (Å²) in [6.45, 7) is 3.60. The van der Waals surface area contributed by atoms with Gasteiger partial charge in [0, 0.05) is 41.3 Å². The lowest BCUT2D eigenvalue weighted by atomic mass is 10.0. The molecule has 1 aliphatic rings. The van der Waals surface area contributed by atoms with Crippen molar-refractivity contribution in [1.82, 2.24) is 4.90 Å². The van der Waals surface area contributed by atoms with Crippen LogP contribution in [0.25, 0.3) is 5.57 Å². The Morgan fingerprint density at radius 3 is 2.28 bits per heavy atom. The first-order chi connectivity index (χ1) is 15.4. The standard InChI is InChI=1S/C26H26N4O2/c1-17(24-22-13-10-20(25(27)31)14-23(22)29-26(24)32)28-21-11-8-19(9-12-21)16-30(2)15-18-6-4-3-5-7-18/h3-14,28H,15-16H2,1-2H3,(H2,27,31)(H,29,32)/b24-17-. The minimum absolute atomic E-state index is 0.203. The Morgan fingerprint density at radius 2 is 1.62 bits per heavy atom. The minimum atomic E-state index is -0.524. The summed E-state index contributed by atoms with van der Waals surface area (Å²) in [7, 11) is 2.10. The molecule has 162 valence electrons. The first kappa shape index (κ1) is 21.3. The molecule has 32 heavy (non-hydrogen) atoms. The molecular weight excluding hydrogens is 400 g/mol. The van der Waals surface area contributed by atoms with E-state index in [1.807, 2.05) is 25.1 Å². The van der Waals surface area contributed by atoms with Crippen LogP contribution in [0.4, 0.5) is 11.4 Å². The molecule has 0 spiro atoms. The van der Waals surface area contributed by atoms with Crippen LogP contribution in [0, 0.1) is 0 Å². The highest BCUT2D eigenvalue weighted by atomic mass is 16.2. The summed E-state index contributed by atoms with van der Waals surface area (Å²) < 4.78 is 0. The Bertz CT molecular complexity index is 1180. The van der Waals surface area contributed by atoms with Crippen molar-refractivity contribution >= 4 is 28.8 Å². The van der Waals surface area contributed by atoms with Gasteiger partial charge in [0.25, 0.3) is 5.91 Å². The normalized spacial score (nSPS) is 14.2. The van der Waals surface area contributed by atoms with E-state index in [0.29, 0.717) is 16.8 Å². The van der Waals surface area contributed by atoms with Gasteiger partial charge in [-0.1, -0.05) is 48.5 Å². The van der Waals surface area contributed by atoms with Crippen molar-refractivity contribution in [2.24, 2.45) is 5.73 Å². The molecule has 1 aliphatic heterocycles. The van der Waals surface area contributed by atoms with Crippen LogP contribution in [0.3, 0.4) is 0 Å². The molecule has 3 aromatic carbocycles. The minimum Gasteiger partial charge on any atom is -0.366 e. The number of carbonyl (C=O) groups excluding carboxylic acids is 2. The number of hydrogen-bond acceptors (Lipinski definition) is 4. The molecular formula is C26H26N4O2. The summed E-state index contributed by atoms with van der Waals surface area (Å²) >= 11 is 0. The van der Waals surface area contributed by atoms with E-state index in [1.54, 1.807) is 18.2 Å². The maximum atomic E-state index is 12.5. The number of carbonyl (C=O) groups is 2. The quantitative estimate of drug-likeness (QED) is 0.494. The zero-order valence-electron chi connectivity index (χ0n) is 18.2. The predicted octanol–water partition coefficient (Wildman–Crippen LogP) is 4.21. The fourth-order valence-electron chi connectivity index (χ4n) is 3.93. The van der Waals surface area contributed by atoms with E-state index in [4.69, 9.17) is 5.73 Å². The van der Waals surface area contributed by atoms with E-state index in [9.17, 15) is 9.59 Å². The van der Waals surface area contributed by atoms with Crippen molar-refractivity contribution in [3.05, 3.63) is 101 Å². The Kier molecular flexibility index (Phi) is 6.05. The van der Waals surface area contributed by atoms with Gasteiger partial charge in [-0.05, 0) is 49.4 Å². The molecule has 0 aliphatic carbocycles. The Hall–Kier alpha value is -3.90. The lowest BCUT2D eigenvalue weighted by molar-refractivity contribution is -0.110. The average molecular weight is 427 g/mol. The molecule has 0 saturated carbocycles. The molecule has 6 heteroatoms. The van der Waals surface area contributed by atoms with Gasteiger partial charge in [0.15, 0.2) is 0 Å². The van der Waals surface area contributed by atoms with Crippen molar-refractivity contribution in [3.8, 4) is 0 Å². The van der Waals surface area contributed by atoms with E-state index >= 15 is 0 Å². The van der Waals surface area contributed by atoms with Crippen molar-refractivity contribution in [1.29, 1.82) is 0 Å². The molecule has 4 N–H and O–H groups in total. The molecule has 0 unspecified atom stereocenters. The second-order valence-electron chi connectivity index (χ2n) is 8.06. The largest absolute Gasteiger partial charge is 0.366 e. The van der Waals surface area contributed by atoms with Crippen LogP contribution >= 0.6 is 0 Å². The Balaban J connectivity index is 1.45. The fourth-order valence-corrected chi connectivity index (χ4v) is 3.93. The number of nitrogens with two attached hydrogens (primary N) is 1. The van der Waals surface area contributed by atoms with Gasteiger partial charge in [0.1, 0.15) is 0 Å². The van der Waals surface area contributed by atoms with Gasteiger partial charge in [-0.2, -0.15) is 0 Å². The smallest absolute Gasteiger partial charge is 0.258 e. The number of hydrogen-bond donors (Lipinski definition) is 3. The average Bonchev–Trinajstić information content (AvgIpc) is 3.10. The van der Waals surface area contributed by atoms with E-state index in [1.165, 1.54) is 11.1 Å². The maximum absolute atomic E-state index is 12.5. The van der Waals surface area contributed by atoms with Gasteiger partial charge in [-0.3, -0.25) is 14.5 Å². The number of rotatable bonds is 7. The fraction of sp³-hybridized carbons (Fsp3) is 0.154. The first-order valence-electron chi connectivity index (χ1n) is 10.5. The van der Waals surface area contributed by atoms with Gasteiger partial charge in [-0.15, -0.1) is 0 Å². The van der Waals surface area contributed by atoms with Gasteiger partial charge >= 0.3 is 0 Å². The molecule has 0 radical (unpaired) electrons. The third-order valence-electron chi connectivity index (χ3n) is 5.46. The molecule has 2 amide bonds. The lowest BCUT2D eigenvalue weighted by Crippen LogP contribution is -2.17. The number of primary amides is 1. The summed E-state index contributed by atoms with van der Waals surface area (Å²) in [6, 6.07) is 23.6. The zero-order chi connectivity index (χ0) is 22.7. The number of anilines is 2. The van der Waals surface area contributed by atoms with E-state index in [0.717, 1.165) is 30.0 Å². The monoisotopic (exact) mass is 426 g/mol. The number of benzene rings is 3. The number of fused-ring (bicyclic) bond motifs is 1. The third-order valence-corrected chi connectivity index (χ3v) is 5.46. The summed E-state index contributed by atoms with van der Waals surface area (Å²) in [6.07, 6.45) is 0. The SMILES string of the molecule is C/C(Nc1ccc(CN(C)Cc2ccccc2)cc1)=C1/C(=O)Nc2cc(C(N)=O)ccc21. The highest BCUT2D eigenvalue weighted by molar-refractivity contribution is 6.32. The third kappa shape index (κ3) is 4.71. The number of allylic oxidation sites excluding steroid dienone is 1. The van der Waals surface area contributed by atoms with Crippen molar-refractivity contribution < 1.29 is 9.59 Å². The molecule has 4 rings (SSSR count).